The summed E-state index contributed by atoms with van der Waals surface area (Å²) in [6.45, 7) is 3.42. The highest BCUT2D eigenvalue weighted by Gasteiger charge is 2.27. The van der Waals surface area contributed by atoms with Gasteiger partial charge in [-0.25, -0.2) is 9.37 Å². The number of nitrogens with zero attached hydrogens (tertiary/aromatic N) is 4. The molecule has 0 aliphatic carbocycles. The summed E-state index contributed by atoms with van der Waals surface area (Å²) in [6, 6.07) is 10.5. The minimum absolute atomic E-state index is 0.00991. The second-order valence-electron chi connectivity index (χ2n) is 9.31. The standard InChI is InChI=1S/C26H28FN5O3/c1-34-9-7-31-21-14-18(27)5-4-16(21)12-22(31)25-29-20-11-17(13-23-24(20)32(25)8-10-35-23)26(33)30-6-2-3-19(28)15-30/h4-5,11-14,19H,2-3,6-10,15,28H2,1H3/t19-/m1/s1. The van der Waals surface area contributed by atoms with Crippen molar-refractivity contribution < 1.29 is 18.7 Å². The molecule has 0 unspecified atom stereocenters. The molecule has 8 nitrogen and oxygen atoms in total. The molecular weight excluding hydrogens is 449 g/mol. The fraction of sp³-hybridized carbons (Fsp3) is 0.385. The Morgan fingerprint density at radius 1 is 1.26 bits per heavy atom. The van der Waals surface area contributed by atoms with E-state index in [9.17, 15) is 9.18 Å². The molecule has 1 atom stereocenters. The van der Waals surface area contributed by atoms with E-state index in [1.807, 2.05) is 27.7 Å². The molecule has 6 rings (SSSR count). The van der Waals surface area contributed by atoms with Crippen LogP contribution in [0.2, 0.25) is 0 Å². The van der Waals surface area contributed by atoms with Gasteiger partial charge in [0.05, 0.1) is 29.9 Å². The topological polar surface area (TPSA) is 87.5 Å². The van der Waals surface area contributed by atoms with Gasteiger partial charge in [0.2, 0.25) is 0 Å². The number of hydrogen-bond acceptors (Lipinski definition) is 5. The first kappa shape index (κ1) is 22.1. The molecule has 2 aromatic carbocycles. The van der Waals surface area contributed by atoms with E-state index in [0.29, 0.717) is 56.2 Å². The Balaban J connectivity index is 1.49. The summed E-state index contributed by atoms with van der Waals surface area (Å²) in [5, 5.41) is 0.932. The fourth-order valence-corrected chi connectivity index (χ4v) is 5.34. The molecular formula is C26H28FN5O3. The van der Waals surface area contributed by atoms with Crippen molar-refractivity contribution >= 4 is 27.8 Å². The number of methoxy groups -OCH3 is 1. The van der Waals surface area contributed by atoms with Crippen molar-refractivity contribution in [2.75, 3.05) is 33.4 Å². The van der Waals surface area contributed by atoms with Crippen molar-refractivity contribution in [3.63, 3.8) is 0 Å². The number of fused-ring (bicyclic) bond motifs is 1. The van der Waals surface area contributed by atoms with E-state index >= 15 is 0 Å². The van der Waals surface area contributed by atoms with Gasteiger partial charge >= 0.3 is 0 Å². The minimum atomic E-state index is -0.285. The Morgan fingerprint density at radius 2 is 2.14 bits per heavy atom. The summed E-state index contributed by atoms with van der Waals surface area (Å²) in [6.07, 6.45) is 1.84. The quantitative estimate of drug-likeness (QED) is 0.476. The maximum atomic E-state index is 14.1. The highest BCUT2D eigenvalue weighted by atomic mass is 19.1. The molecule has 182 valence electrons. The van der Waals surface area contributed by atoms with Crippen LogP contribution in [-0.4, -0.2) is 64.4 Å². The number of ether oxygens (including phenoxy) is 2. The number of nitrogens with two attached hydrogens (primary N) is 1. The van der Waals surface area contributed by atoms with Crippen molar-refractivity contribution in [1.82, 2.24) is 19.0 Å². The Labute approximate surface area is 202 Å². The van der Waals surface area contributed by atoms with Gasteiger partial charge in [-0.1, -0.05) is 0 Å². The second-order valence-corrected chi connectivity index (χ2v) is 9.31. The number of halogens is 1. The molecule has 2 aromatic heterocycles. The molecule has 1 amide bonds. The van der Waals surface area contributed by atoms with E-state index in [1.165, 1.54) is 6.07 Å². The molecule has 1 fully saturated rings. The van der Waals surface area contributed by atoms with Crippen LogP contribution in [0.25, 0.3) is 33.5 Å². The van der Waals surface area contributed by atoms with Gasteiger partial charge in [-0.05, 0) is 49.2 Å². The van der Waals surface area contributed by atoms with Gasteiger partial charge < -0.3 is 29.2 Å². The van der Waals surface area contributed by atoms with E-state index in [2.05, 4.69) is 4.57 Å². The van der Waals surface area contributed by atoms with Crippen molar-refractivity contribution in [3.8, 4) is 17.3 Å². The van der Waals surface area contributed by atoms with E-state index in [4.69, 9.17) is 20.2 Å². The van der Waals surface area contributed by atoms with Crippen LogP contribution in [0.15, 0.2) is 36.4 Å². The number of imidazole rings is 1. The molecule has 1 saturated heterocycles. The van der Waals surface area contributed by atoms with Crippen LogP contribution in [0.3, 0.4) is 0 Å². The molecule has 4 heterocycles. The Bertz CT molecular complexity index is 1440. The fourth-order valence-electron chi connectivity index (χ4n) is 5.34. The molecule has 2 aliphatic heterocycles. The Morgan fingerprint density at radius 3 is 2.97 bits per heavy atom. The molecule has 0 spiro atoms. The van der Waals surface area contributed by atoms with Crippen LogP contribution in [-0.2, 0) is 17.8 Å². The van der Waals surface area contributed by atoms with Gasteiger partial charge in [-0.15, -0.1) is 0 Å². The number of carbonyl (C=O) groups excluding carboxylic acids is 1. The van der Waals surface area contributed by atoms with E-state index < -0.39 is 0 Å². The van der Waals surface area contributed by atoms with Crippen LogP contribution in [0.1, 0.15) is 23.2 Å². The first-order chi connectivity index (χ1) is 17.0. The first-order valence-electron chi connectivity index (χ1n) is 12.0. The lowest BCUT2D eigenvalue weighted by atomic mass is 10.0. The third-order valence-corrected chi connectivity index (χ3v) is 6.99. The summed E-state index contributed by atoms with van der Waals surface area (Å²) in [5.41, 5.74) is 9.91. The third-order valence-electron chi connectivity index (χ3n) is 6.99. The summed E-state index contributed by atoms with van der Waals surface area (Å²) in [5.74, 6) is 1.09. The van der Waals surface area contributed by atoms with Gasteiger partial charge in [0, 0.05) is 43.7 Å². The molecule has 0 radical (unpaired) electrons. The number of benzene rings is 2. The Hall–Kier alpha value is -3.43. The third kappa shape index (κ3) is 3.75. The monoisotopic (exact) mass is 477 g/mol. The van der Waals surface area contributed by atoms with Gasteiger partial charge in [0.25, 0.3) is 5.91 Å². The summed E-state index contributed by atoms with van der Waals surface area (Å²) in [7, 11) is 1.65. The zero-order chi connectivity index (χ0) is 24.1. The smallest absolute Gasteiger partial charge is 0.254 e. The van der Waals surface area contributed by atoms with E-state index in [1.54, 1.807) is 19.2 Å². The van der Waals surface area contributed by atoms with Crippen molar-refractivity contribution in [1.29, 1.82) is 0 Å². The number of likely N-dealkylation sites (tertiary alicyclic amines) is 1. The zero-order valence-electron chi connectivity index (χ0n) is 19.7. The van der Waals surface area contributed by atoms with Crippen molar-refractivity contribution in [3.05, 3.63) is 47.8 Å². The van der Waals surface area contributed by atoms with E-state index in [-0.39, 0.29) is 17.8 Å². The number of hydrogen-bond donors (Lipinski definition) is 1. The van der Waals surface area contributed by atoms with Crippen LogP contribution in [0.5, 0.6) is 5.75 Å². The number of carbonyl (C=O) groups is 1. The predicted octanol–water partition coefficient (Wildman–Crippen LogP) is 3.40. The molecule has 2 aliphatic rings. The number of amides is 1. The lowest BCUT2D eigenvalue weighted by molar-refractivity contribution is 0.0708. The van der Waals surface area contributed by atoms with Gasteiger partial charge in [0.15, 0.2) is 5.82 Å². The molecule has 0 saturated carbocycles. The highest BCUT2D eigenvalue weighted by Crippen LogP contribution is 2.37. The second kappa shape index (κ2) is 8.66. The van der Waals surface area contributed by atoms with Gasteiger partial charge in [-0.3, -0.25) is 4.79 Å². The summed E-state index contributed by atoms with van der Waals surface area (Å²) >= 11 is 0. The molecule has 2 N–H and O–H groups in total. The van der Waals surface area contributed by atoms with Crippen molar-refractivity contribution in [2.24, 2.45) is 5.73 Å². The molecule has 4 aromatic rings. The van der Waals surface area contributed by atoms with Crippen LogP contribution >= 0.6 is 0 Å². The molecule has 9 heteroatoms. The molecule has 35 heavy (non-hydrogen) atoms. The lowest BCUT2D eigenvalue weighted by Gasteiger charge is -2.31. The van der Waals surface area contributed by atoms with E-state index in [0.717, 1.165) is 40.8 Å². The predicted molar refractivity (Wildman–Crippen MR) is 131 cm³/mol. The van der Waals surface area contributed by atoms with Gasteiger partial charge in [-0.2, -0.15) is 0 Å². The number of piperidine rings is 1. The highest BCUT2D eigenvalue weighted by molar-refractivity contribution is 6.00. The first-order valence-corrected chi connectivity index (χ1v) is 12.0. The zero-order valence-corrected chi connectivity index (χ0v) is 19.7. The minimum Gasteiger partial charge on any atom is -0.489 e. The normalized spacial score (nSPS) is 17.8. The Kier molecular flexibility index (Phi) is 5.46. The number of rotatable bonds is 5. The van der Waals surface area contributed by atoms with Gasteiger partial charge in [0.1, 0.15) is 23.7 Å². The maximum absolute atomic E-state index is 14.1. The molecule has 0 bridgehead atoms. The maximum Gasteiger partial charge on any atom is 0.254 e. The van der Waals surface area contributed by atoms with Crippen molar-refractivity contribution in [2.45, 2.75) is 32.0 Å². The lowest BCUT2D eigenvalue weighted by Crippen LogP contribution is -2.45. The summed E-state index contributed by atoms with van der Waals surface area (Å²) < 4.78 is 29.6. The van der Waals surface area contributed by atoms with Crippen LogP contribution in [0.4, 0.5) is 4.39 Å². The van der Waals surface area contributed by atoms with Crippen LogP contribution in [0, 0.1) is 5.82 Å². The number of aromatic nitrogens is 3. The summed E-state index contributed by atoms with van der Waals surface area (Å²) in [4.78, 5) is 20.1. The SMILES string of the molecule is COCCn1c(-c2nc3cc(C(=O)N4CCC[C@@H](N)C4)cc4c3n2CCO4)cc2ccc(F)cc21. The van der Waals surface area contributed by atoms with Crippen LogP contribution < -0.4 is 10.5 Å². The average Bonchev–Trinajstić information content (AvgIpc) is 3.41. The largest absolute Gasteiger partial charge is 0.489 e. The average molecular weight is 478 g/mol.